The standard InChI is InChI=1S/C18H20F6N4O3/c1-11(17(19,20)21)31-15(30)27-7-4-16(5-8-27)3-2-6-28(16)14(29)12-9-25-10-26-13(12)18(22,23)24/h9-11H,2-8H2,1H3. The quantitative estimate of drug-likeness (QED) is 0.638. The molecule has 7 nitrogen and oxygen atoms in total. The molecule has 31 heavy (non-hydrogen) atoms. The first-order chi connectivity index (χ1) is 14.3. The first kappa shape index (κ1) is 23.1. The fourth-order valence-electron chi connectivity index (χ4n) is 4.03. The number of likely N-dealkylation sites (tertiary alicyclic amines) is 2. The molecular weight excluding hydrogens is 434 g/mol. The number of aromatic nitrogens is 2. The summed E-state index contributed by atoms with van der Waals surface area (Å²) < 4.78 is 82.0. The zero-order valence-electron chi connectivity index (χ0n) is 16.5. The maximum atomic E-state index is 13.3. The van der Waals surface area contributed by atoms with E-state index in [9.17, 15) is 35.9 Å². The van der Waals surface area contributed by atoms with Crippen molar-refractivity contribution in [2.75, 3.05) is 19.6 Å². The van der Waals surface area contributed by atoms with Gasteiger partial charge < -0.3 is 14.5 Å². The van der Waals surface area contributed by atoms with Crippen LogP contribution in [-0.2, 0) is 10.9 Å². The van der Waals surface area contributed by atoms with Crippen molar-refractivity contribution in [1.82, 2.24) is 19.8 Å². The Morgan fingerprint density at radius 1 is 1.10 bits per heavy atom. The third-order valence-corrected chi connectivity index (χ3v) is 5.74. The van der Waals surface area contributed by atoms with Crippen LogP contribution >= 0.6 is 0 Å². The predicted molar refractivity (Wildman–Crippen MR) is 92.8 cm³/mol. The largest absolute Gasteiger partial charge is 0.437 e. The summed E-state index contributed by atoms with van der Waals surface area (Å²) in [4.78, 5) is 34.2. The topological polar surface area (TPSA) is 75.6 Å². The lowest BCUT2D eigenvalue weighted by molar-refractivity contribution is -0.200. The van der Waals surface area contributed by atoms with Gasteiger partial charge in [-0.1, -0.05) is 0 Å². The number of hydrogen-bond donors (Lipinski definition) is 0. The molecule has 2 aliphatic rings. The molecule has 1 aromatic heterocycles. The highest BCUT2D eigenvalue weighted by molar-refractivity contribution is 5.96. The van der Waals surface area contributed by atoms with E-state index < -0.39 is 47.3 Å². The fourth-order valence-corrected chi connectivity index (χ4v) is 4.03. The second kappa shape index (κ2) is 8.15. The summed E-state index contributed by atoms with van der Waals surface area (Å²) >= 11 is 0. The molecule has 13 heteroatoms. The van der Waals surface area contributed by atoms with Gasteiger partial charge in [0.2, 0.25) is 0 Å². The van der Waals surface area contributed by atoms with E-state index in [2.05, 4.69) is 14.7 Å². The second-order valence-corrected chi connectivity index (χ2v) is 7.62. The lowest BCUT2D eigenvalue weighted by Crippen LogP contribution is -2.55. The molecule has 172 valence electrons. The minimum Gasteiger partial charge on any atom is -0.437 e. The molecule has 0 saturated carbocycles. The molecule has 1 spiro atoms. The van der Waals surface area contributed by atoms with Crippen LogP contribution in [0, 0.1) is 0 Å². The first-order valence-electron chi connectivity index (χ1n) is 9.57. The van der Waals surface area contributed by atoms with Crippen molar-refractivity contribution in [2.45, 2.75) is 56.6 Å². The fraction of sp³-hybridized carbons (Fsp3) is 0.667. The van der Waals surface area contributed by atoms with Gasteiger partial charge in [0.1, 0.15) is 6.33 Å². The van der Waals surface area contributed by atoms with Crippen molar-refractivity contribution in [1.29, 1.82) is 0 Å². The highest BCUT2D eigenvalue weighted by atomic mass is 19.4. The van der Waals surface area contributed by atoms with E-state index in [-0.39, 0.29) is 32.5 Å². The van der Waals surface area contributed by atoms with Crippen LogP contribution in [-0.4, -0.2) is 69.2 Å². The molecule has 3 rings (SSSR count). The van der Waals surface area contributed by atoms with E-state index in [0.29, 0.717) is 19.2 Å². The number of halogens is 6. The van der Waals surface area contributed by atoms with Crippen LogP contribution in [0.5, 0.6) is 0 Å². The Bertz CT molecular complexity index is 836. The number of hydrogen-bond acceptors (Lipinski definition) is 5. The molecule has 2 amide bonds. The summed E-state index contributed by atoms with van der Waals surface area (Å²) in [6, 6.07) is 0. The number of piperidine rings is 1. The average molecular weight is 454 g/mol. The molecule has 0 aromatic carbocycles. The Morgan fingerprint density at radius 3 is 2.32 bits per heavy atom. The third kappa shape index (κ3) is 4.69. The SMILES string of the molecule is CC(OC(=O)N1CCC2(CCCN2C(=O)c2cncnc2C(F)(F)F)CC1)C(F)(F)F. The van der Waals surface area contributed by atoms with Crippen molar-refractivity contribution in [3.63, 3.8) is 0 Å². The lowest BCUT2D eigenvalue weighted by atomic mass is 9.84. The molecule has 0 bridgehead atoms. The van der Waals surface area contributed by atoms with Gasteiger partial charge in [0.05, 0.1) is 5.56 Å². The minimum atomic E-state index is -4.83. The predicted octanol–water partition coefficient (Wildman–Crippen LogP) is 3.65. The van der Waals surface area contributed by atoms with Gasteiger partial charge in [-0.15, -0.1) is 0 Å². The molecule has 0 aliphatic carbocycles. The summed E-state index contributed by atoms with van der Waals surface area (Å²) in [5, 5.41) is 0. The van der Waals surface area contributed by atoms with Crippen molar-refractivity contribution in [2.24, 2.45) is 0 Å². The number of rotatable bonds is 2. The number of carbonyl (C=O) groups is 2. The second-order valence-electron chi connectivity index (χ2n) is 7.62. The van der Waals surface area contributed by atoms with Gasteiger partial charge in [-0.3, -0.25) is 4.79 Å². The van der Waals surface area contributed by atoms with Crippen molar-refractivity contribution in [3.8, 4) is 0 Å². The monoisotopic (exact) mass is 454 g/mol. The highest BCUT2D eigenvalue weighted by Crippen LogP contribution is 2.40. The van der Waals surface area contributed by atoms with Crippen LogP contribution in [0.3, 0.4) is 0 Å². The van der Waals surface area contributed by atoms with Gasteiger partial charge in [-0.2, -0.15) is 26.3 Å². The Kier molecular flexibility index (Phi) is 6.07. The van der Waals surface area contributed by atoms with Crippen molar-refractivity contribution >= 4 is 12.0 Å². The molecule has 1 unspecified atom stereocenters. The van der Waals surface area contributed by atoms with E-state index in [1.807, 2.05) is 0 Å². The summed E-state index contributed by atoms with van der Waals surface area (Å²) in [7, 11) is 0. The Hall–Kier alpha value is -2.60. The number of carbonyl (C=O) groups excluding carboxylic acids is 2. The van der Waals surface area contributed by atoms with Crippen LogP contribution in [0.2, 0.25) is 0 Å². The molecule has 0 radical (unpaired) electrons. The normalized spacial score (nSPS) is 20.1. The van der Waals surface area contributed by atoms with Crippen LogP contribution in [0.1, 0.15) is 48.7 Å². The molecule has 3 heterocycles. The lowest BCUT2D eigenvalue weighted by Gasteiger charge is -2.44. The zero-order chi connectivity index (χ0) is 23.0. The third-order valence-electron chi connectivity index (χ3n) is 5.74. The first-order valence-corrected chi connectivity index (χ1v) is 9.57. The minimum absolute atomic E-state index is 0.0185. The van der Waals surface area contributed by atoms with Gasteiger partial charge in [-0.25, -0.2) is 14.8 Å². The maximum Gasteiger partial charge on any atom is 0.434 e. The van der Waals surface area contributed by atoms with Crippen molar-refractivity contribution in [3.05, 3.63) is 23.8 Å². The molecular formula is C18H20F6N4O3. The van der Waals surface area contributed by atoms with Crippen LogP contribution in [0.4, 0.5) is 31.1 Å². The smallest absolute Gasteiger partial charge is 0.434 e. The van der Waals surface area contributed by atoms with E-state index in [1.165, 1.54) is 4.90 Å². The summed E-state index contributed by atoms with van der Waals surface area (Å²) in [5.41, 5.74) is -2.77. The number of amides is 2. The molecule has 1 atom stereocenters. The number of ether oxygens (including phenoxy) is 1. The molecule has 1 aromatic rings. The van der Waals surface area contributed by atoms with Gasteiger partial charge in [0.15, 0.2) is 11.8 Å². The van der Waals surface area contributed by atoms with Gasteiger partial charge in [0.25, 0.3) is 5.91 Å². The molecule has 2 fully saturated rings. The Morgan fingerprint density at radius 2 is 1.74 bits per heavy atom. The van der Waals surface area contributed by atoms with Crippen molar-refractivity contribution < 1.29 is 40.7 Å². The van der Waals surface area contributed by atoms with E-state index in [1.54, 1.807) is 0 Å². The average Bonchev–Trinajstić information content (AvgIpc) is 3.09. The highest BCUT2D eigenvalue weighted by Gasteiger charge is 2.49. The summed E-state index contributed by atoms with van der Waals surface area (Å²) in [6.07, 6.45) is -9.87. The van der Waals surface area contributed by atoms with E-state index >= 15 is 0 Å². The van der Waals surface area contributed by atoms with E-state index in [4.69, 9.17) is 0 Å². The summed E-state index contributed by atoms with van der Waals surface area (Å²) in [5.74, 6) is -0.854. The maximum absolute atomic E-state index is 13.3. The van der Waals surface area contributed by atoms with E-state index in [0.717, 1.165) is 18.0 Å². The Balaban J connectivity index is 1.72. The molecule has 2 saturated heterocycles. The molecule has 2 aliphatic heterocycles. The molecule has 0 N–H and O–H groups in total. The Labute approximate surface area is 173 Å². The van der Waals surface area contributed by atoms with Gasteiger partial charge >= 0.3 is 18.4 Å². The van der Waals surface area contributed by atoms with Crippen LogP contribution in [0.25, 0.3) is 0 Å². The van der Waals surface area contributed by atoms with Crippen LogP contribution < -0.4 is 0 Å². The van der Waals surface area contributed by atoms with Crippen LogP contribution in [0.15, 0.2) is 12.5 Å². The number of nitrogens with zero attached hydrogens (tertiary/aromatic N) is 4. The number of alkyl halides is 6. The summed E-state index contributed by atoms with van der Waals surface area (Å²) in [6.45, 7) is 0.983. The van der Waals surface area contributed by atoms with Gasteiger partial charge in [-0.05, 0) is 32.6 Å². The van der Waals surface area contributed by atoms with Gasteiger partial charge in [0, 0.05) is 31.4 Å². The zero-order valence-corrected chi connectivity index (χ0v) is 16.5.